The molecular formula is C18H42O6Si4. The summed E-state index contributed by atoms with van der Waals surface area (Å²) < 4.78 is 31.2. The van der Waals surface area contributed by atoms with E-state index >= 15 is 0 Å². The summed E-state index contributed by atoms with van der Waals surface area (Å²) in [5.41, 5.74) is 0. The molecule has 1 rings (SSSR count). The standard InChI is InChI=1S/C18H42O6Si4/c1-25(2,3)20-13-14-15(22-26(4,5)6)16(23-27(7,8)9)17(18(19)21-14)24-28(10,11)12/h14-17H,13H2,1-12H3/t14-,15?,16?,17-/m1/s1. The fourth-order valence-electron chi connectivity index (χ4n) is 2.85. The molecule has 28 heavy (non-hydrogen) atoms. The maximum Gasteiger partial charge on any atom is 0.337 e. The zero-order chi connectivity index (χ0) is 22.1. The molecule has 0 saturated carbocycles. The second-order valence-corrected chi connectivity index (χ2v) is 29.3. The molecule has 10 heteroatoms. The van der Waals surface area contributed by atoms with Gasteiger partial charge in [0.25, 0.3) is 0 Å². The number of hydrogen-bond donors (Lipinski definition) is 0. The largest absolute Gasteiger partial charge is 0.455 e. The Balaban J connectivity index is 3.28. The van der Waals surface area contributed by atoms with Crippen molar-refractivity contribution in [1.29, 1.82) is 0 Å². The highest BCUT2D eigenvalue weighted by Crippen LogP contribution is 2.31. The van der Waals surface area contributed by atoms with Gasteiger partial charge in [0.2, 0.25) is 0 Å². The minimum Gasteiger partial charge on any atom is -0.455 e. The Hall–Kier alpha value is 0.178. The molecule has 0 aliphatic carbocycles. The molecule has 166 valence electrons. The summed E-state index contributed by atoms with van der Waals surface area (Å²) in [5, 5.41) is 0. The van der Waals surface area contributed by atoms with Gasteiger partial charge >= 0.3 is 5.97 Å². The zero-order valence-corrected chi connectivity index (χ0v) is 24.0. The molecule has 0 spiro atoms. The number of ether oxygens (including phenoxy) is 1. The molecular weight excluding hydrogens is 425 g/mol. The van der Waals surface area contributed by atoms with Crippen LogP contribution in [0.2, 0.25) is 78.6 Å². The van der Waals surface area contributed by atoms with E-state index in [0.29, 0.717) is 6.61 Å². The first kappa shape index (κ1) is 26.2. The van der Waals surface area contributed by atoms with Gasteiger partial charge in [-0.15, -0.1) is 0 Å². The molecule has 0 radical (unpaired) electrons. The van der Waals surface area contributed by atoms with Gasteiger partial charge in [-0.05, 0) is 78.6 Å². The number of hydrogen-bond acceptors (Lipinski definition) is 6. The molecule has 0 amide bonds. The van der Waals surface area contributed by atoms with Gasteiger partial charge in [0.15, 0.2) is 45.5 Å². The summed E-state index contributed by atoms with van der Waals surface area (Å²) in [6.07, 6.45) is -2.08. The summed E-state index contributed by atoms with van der Waals surface area (Å²) in [7, 11) is -7.66. The molecule has 0 aromatic heterocycles. The monoisotopic (exact) mass is 466 g/mol. The van der Waals surface area contributed by atoms with Crippen LogP contribution in [0.15, 0.2) is 0 Å². The Morgan fingerprint density at radius 3 is 1.50 bits per heavy atom. The third-order valence-corrected chi connectivity index (χ3v) is 7.58. The lowest BCUT2D eigenvalue weighted by atomic mass is 10.0. The number of cyclic esters (lactones) is 1. The van der Waals surface area contributed by atoms with Gasteiger partial charge in [0.1, 0.15) is 12.2 Å². The predicted octanol–water partition coefficient (Wildman–Crippen LogP) is 4.42. The third kappa shape index (κ3) is 9.79. The molecule has 6 nitrogen and oxygen atoms in total. The smallest absolute Gasteiger partial charge is 0.337 e. The molecule has 4 atom stereocenters. The number of carbonyl (C=O) groups excluding carboxylic acids is 1. The summed E-state index contributed by atoms with van der Waals surface area (Å²) >= 11 is 0. The van der Waals surface area contributed by atoms with E-state index in [4.69, 9.17) is 22.4 Å². The Bertz CT molecular complexity index is 530. The van der Waals surface area contributed by atoms with Gasteiger partial charge in [-0.1, -0.05) is 0 Å². The molecule has 2 unspecified atom stereocenters. The maximum absolute atomic E-state index is 12.9. The highest BCUT2D eigenvalue weighted by molar-refractivity contribution is 6.71. The zero-order valence-electron chi connectivity index (χ0n) is 20.0. The first-order chi connectivity index (χ1) is 12.3. The van der Waals surface area contributed by atoms with Crippen LogP contribution < -0.4 is 0 Å². The van der Waals surface area contributed by atoms with Crippen molar-refractivity contribution in [2.75, 3.05) is 6.61 Å². The normalized spacial score (nSPS) is 27.6. The van der Waals surface area contributed by atoms with Crippen molar-refractivity contribution in [3.8, 4) is 0 Å². The van der Waals surface area contributed by atoms with Gasteiger partial charge in [-0.25, -0.2) is 4.79 Å². The van der Waals surface area contributed by atoms with Crippen molar-refractivity contribution in [3.63, 3.8) is 0 Å². The van der Waals surface area contributed by atoms with Gasteiger partial charge in [0, 0.05) is 0 Å². The van der Waals surface area contributed by atoms with Gasteiger partial charge in [-0.3, -0.25) is 0 Å². The molecule has 0 N–H and O–H groups in total. The van der Waals surface area contributed by atoms with Crippen LogP contribution in [0.5, 0.6) is 0 Å². The van der Waals surface area contributed by atoms with Crippen LogP contribution in [-0.4, -0.2) is 70.3 Å². The third-order valence-electron chi connectivity index (χ3n) is 3.63. The lowest BCUT2D eigenvalue weighted by Crippen LogP contribution is -2.64. The molecule has 1 fully saturated rings. The van der Waals surface area contributed by atoms with Crippen LogP contribution in [0.25, 0.3) is 0 Å². The van der Waals surface area contributed by atoms with Crippen molar-refractivity contribution in [2.24, 2.45) is 0 Å². The van der Waals surface area contributed by atoms with E-state index in [1.165, 1.54) is 0 Å². The highest BCUT2D eigenvalue weighted by Gasteiger charge is 2.52. The van der Waals surface area contributed by atoms with Crippen molar-refractivity contribution < 1.29 is 27.2 Å². The lowest BCUT2D eigenvalue weighted by Gasteiger charge is -2.47. The van der Waals surface area contributed by atoms with E-state index in [1.54, 1.807) is 0 Å². The van der Waals surface area contributed by atoms with Crippen LogP contribution in [0.4, 0.5) is 0 Å². The summed E-state index contributed by atoms with van der Waals surface area (Å²) in [6, 6.07) is 0. The SMILES string of the molecule is C[Si](C)(C)OC[C@H]1OC(=O)[C@H](O[Si](C)(C)C)C(O[Si](C)(C)C)C1O[Si](C)(C)C. The number of rotatable bonds is 9. The molecule has 0 bridgehead atoms. The van der Waals surface area contributed by atoms with Crippen molar-refractivity contribution in [3.05, 3.63) is 0 Å². The fourth-order valence-corrected chi connectivity index (χ4v) is 6.68. The Labute approximate surface area is 176 Å². The average molecular weight is 467 g/mol. The Morgan fingerprint density at radius 1 is 0.679 bits per heavy atom. The number of esters is 1. The van der Waals surface area contributed by atoms with E-state index in [0.717, 1.165) is 0 Å². The number of carbonyl (C=O) groups is 1. The van der Waals surface area contributed by atoms with Crippen LogP contribution in [-0.2, 0) is 27.2 Å². The highest BCUT2D eigenvalue weighted by atomic mass is 28.4. The van der Waals surface area contributed by atoms with Crippen LogP contribution >= 0.6 is 0 Å². The van der Waals surface area contributed by atoms with Crippen molar-refractivity contribution in [1.82, 2.24) is 0 Å². The van der Waals surface area contributed by atoms with Crippen molar-refractivity contribution >= 4 is 39.2 Å². The van der Waals surface area contributed by atoms with E-state index in [2.05, 4.69) is 78.6 Å². The summed E-state index contributed by atoms with van der Waals surface area (Å²) in [5.74, 6) is -0.356. The summed E-state index contributed by atoms with van der Waals surface area (Å²) in [6.45, 7) is 25.7. The minimum absolute atomic E-state index is 0.335. The molecule has 1 aliphatic heterocycles. The quantitative estimate of drug-likeness (QED) is 0.370. The van der Waals surface area contributed by atoms with Gasteiger partial charge in [0.05, 0.1) is 6.61 Å². The fraction of sp³-hybridized carbons (Fsp3) is 0.944. The Morgan fingerprint density at radius 2 is 1.11 bits per heavy atom. The van der Waals surface area contributed by atoms with Gasteiger partial charge < -0.3 is 22.4 Å². The molecule has 0 aromatic carbocycles. The van der Waals surface area contributed by atoms with Crippen molar-refractivity contribution in [2.45, 2.75) is 103 Å². The van der Waals surface area contributed by atoms with Crippen LogP contribution in [0.1, 0.15) is 0 Å². The summed E-state index contributed by atoms with van der Waals surface area (Å²) in [4.78, 5) is 12.9. The second kappa shape index (κ2) is 9.12. The topological polar surface area (TPSA) is 63.2 Å². The lowest BCUT2D eigenvalue weighted by molar-refractivity contribution is -0.198. The first-order valence-electron chi connectivity index (χ1n) is 10.2. The molecule has 0 aromatic rings. The van der Waals surface area contributed by atoms with E-state index in [-0.39, 0.29) is 12.1 Å². The van der Waals surface area contributed by atoms with E-state index in [1.807, 2.05) is 0 Å². The van der Waals surface area contributed by atoms with E-state index in [9.17, 15) is 4.79 Å². The second-order valence-electron chi connectivity index (χ2n) is 11.4. The Kier molecular flexibility index (Phi) is 8.54. The molecule has 1 saturated heterocycles. The average Bonchev–Trinajstić information content (AvgIpc) is 2.39. The van der Waals surface area contributed by atoms with Gasteiger partial charge in [-0.2, -0.15) is 0 Å². The van der Waals surface area contributed by atoms with Crippen LogP contribution in [0.3, 0.4) is 0 Å². The molecule has 1 aliphatic rings. The maximum atomic E-state index is 12.9. The van der Waals surface area contributed by atoms with E-state index < -0.39 is 51.6 Å². The predicted molar refractivity (Wildman–Crippen MR) is 124 cm³/mol. The van der Waals surface area contributed by atoms with Crippen LogP contribution in [0, 0.1) is 0 Å². The first-order valence-corrected chi connectivity index (χ1v) is 23.8. The molecule has 1 heterocycles. The minimum atomic E-state index is -2.00.